The molecule has 146 valence electrons. The van der Waals surface area contributed by atoms with Gasteiger partial charge in [0.1, 0.15) is 11.9 Å². The van der Waals surface area contributed by atoms with Gasteiger partial charge in [0, 0.05) is 23.7 Å². The van der Waals surface area contributed by atoms with E-state index in [0.717, 1.165) is 35.7 Å². The second-order valence-corrected chi connectivity index (χ2v) is 7.08. The van der Waals surface area contributed by atoms with Crippen LogP contribution in [0.2, 0.25) is 0 Å². The van der Waals surface area contributed by atoms with Crippen molar-refractivity contribution < 1.29 is 4.79 Å². The summed E-state index contributed by atoms with van der Waals surface area (Å²) in [4.78, 5) is 26.0. The molecule has 5 rings (SSSR count). The largest absolute Gasteiger partial charge is 0.384 e. The Bertz CT molecular complexity index is 1200. The quantitative estimate of drug-likeness (QED) is 0.490. The van der Waals surface area contributed by atoms with Gasteiger partial charge in [-0.2, -0.15) is 4.52 Å². The van der Waals surface area contributed by atoms with Crippen LogP contribution in [0.4, 0.5) is 11.8 Å². The monoisotopic (exact) mass is 388 g/mol. The Kier molecular flexibility index (Phi) is 4.19. The van der Waals surface area contributed by atoms with Crippen molar-refractivity contribution in [3.63, 3.8) is 0 Å². The van der Waals surface area contributed by atoms with E-state index in [0.29, 0.717) is 29.8 Å². The Morgan fingerprint density at radius 3 is 2.90 bits per heavy atom. The van der Waals surface area contributed by atoms with Crippen LogP contribution in [0.3, 0.4) is 0 Å². The van der Waals surface area contributed by atoms with Crippen molar-refractivity contribution in [1.82, 2.24) is 29.9 Å². The number of carbonyl (C=O) groups is 1. The number of hydrogen-bond acceptors (Lipinski definition) is 7. The van der Waals surface area contributed by atoms with E-state index < -0.39 is 0 Å². The van der Waals surface area contributed by atoms with Crippen molar-refractivity contribution in [2.75, 3.05) is 17.6 Å². The van der Waals surface area contributed by atoms with Crippen molar-refractivity contribution in [3.8, 4) is 11.4 Å². The number of nitrogens with zero attached hydrogens (tertiary/aromatic N) is 5. The number of rotatable bonds is 3. The van der Waals surface area contributed by atoms with Crippen LogP contribution in [-0.2, 0) is 4.79 Å². The molecule has 1 aliphatic rings. The highest BCUT2D eigenvalue weighted by molar-refractivity contribution is 5.93. The van der Waals surface area contributed by atoms with Gasteiger partial charge in [-0.05, 0) is 43.5 Å². The lowest BCUT2D eigenvalue weighted by atomic mass is 10.1. The summed E-state index contributed by atoms with van der Waals surface area (Å²) >= 11 is 0. The fourth-order valence-corrected chi connectivity index (χ4v) is 3.54. The van der Waals surface area contributed by atoms with E-state index in [9.17, 15) is 4.79 Å². The summed E-state index contributed by atoms with van der Waals surface area (Å²) in [6.07, 6.45) is 4.33. The predicted octanol–water partition coefficient (Wildman–Crippen LogP) is 2.00. The molecule has 4 N–H and O–H groups in total. The SMILES string of the molecule is Nc1ccc(-c2nc3c4ccccc4nc(N[C@@H]4CCCCNC4=O)n3n2)cn1. The normalized spacial score (nSPS) is 17.2. The highest BCUT2D eigenvalue weighted by atomic mass is 16.2. The van der Waals surface area contributed by atoms with Gasteiger partial charge >= 0.3 is 0 Å². The summed E-state index contributed by atoms with van der Waals surface area (Å²) in [7, 11) is 0. The Labute approximate surface area is 166 Å². The Morgan fingerprint density at radius 1 is 1.14 bits per heavy atom. The number of nitrogens with one attached hydrogen (secondary N) is 2. The Hall–Kier alpha value is -3.75. The molecule has 0 bridgehead atoms. The maximum absolute atomic E-state index is 12.4. The lowest BCUT2D eigenvalue weighted by Gasteiger charge is -2.16. The van der Waals surface area contributed by atoms with Gasteiger partial charge in [0.05, 0.1) is 5.52 Å². The number of pyridine rings is 1. The van der Waals surface area contributed by atoms with Crippen LogP contribution in [0.1, 0.15) is 19.3 Å². The first-order chi connectivity index (χ1) is 14.2. The van der Waals surface area contributed by atoms with Gasteiger partial charge < -0.3 is 16.4 Å². The van der Waals surface area contributed by atoms with Gasteiger partial charge in [0.25, 0.3) is 0 Å². The van der Waals surface area contributed by atoms with Crippen LogP contribution in [0.25, 0.3) is 27.9 Å². The molecule has 3 aromatic heterocycles. The lowest BCUT2D eigenvalue weighted by molar-refractivity contribution is -0.121. The number of para-hydroxylation sites is 1. The third kappa shape index (κ3) is 3.20. The van der Waals surface area contributed by atoms with Crippen LogP contribution in [0.15, 0.2) is 42.6 Å². The topological polar surface area (TPSA) is 123 Å². The minimum Gasteiger partial charge on any atom is -0.384 e. The van der Waals surface area contributed by atoms with E-state index in [4.69, 9.17) is 15.7 Å². The fraction of sp³-hybridized carbons (Fsp3) is 0.250. The third-order valence-electron chi connectivity index (χ3n) is 5.06. The molecule has 4 aromatic rings. The molecule has 0 unspecified atom stereocenters. The van der Waals surface area contributed by atoms with Gasteiger partial charge in [0.2, 0.25) is 11.9 Å². The molecule has 1 amide bonds. The highest BCUT2D eigenvalue weighted by Crippen LogP contribution is 2.25. The third-order valence-corrected chi connectivity index (χ3v) is 5.06. The van der Waals surface area contributed by atoms with Gasteiger partial charge in [-0.1, -0.05) is 12.1 Å². The van der Waals surface area contributed by atoms with Crippen LogP contribution in [0, 0.1) is 0 Å². The molecule has 9 heteroatoms. The summed E-state index contributed by atoms with van der Waals surface area (Å²) in [5.41, 5.74) is 7.90. The Balaban J connectivity index is 1.65. The number of fused-ring (bicyclic) bond motifs is 3. The maximum atomic E-state index is 12.4. The standard InChI is InChI=1S/C20H20N8O/c21-16-9-8-12(11-23-16)17-26-18-13-5-1-2-6-14(13)24-20(28(18)27-17)25-15-7-3-4-10-22-19(15)29/h1-2,5-6,8-9,11,15H,3-4,7,10H2,(H2,21,23)(H,22,29)(H,24,25)/t15-/m1/s1. The second-order valence-electron chi connectivity index (χ2n) is 7.08. The molecular weight excluding hydrogens is 368 g/mol. The number of benzene rings is 1. The molecule has 0 spiro atoms. The first-order valence-electron chi connectivity index (χ1n) is 9.61. The molecule has 1 aliphatic heterocycles. The summed E-state index contributed by atoms with van der Waals surface area (Å²) in [5, 5.41) is 11.7. The number of hydrogen-bond donors (Lipinski definition) is 3. The van der Waals surface area contributed by atoms with E-state index >= 15 is 0 Å². The lowest BCUT2D eigenvalue weighted by Crippen LogP contribution is -2.38. The molecule has 0 aliphatic carbocycles. The number of carbonyl (C=O) groups excluding carboxylic acids is 1. The van der Waals surface area contributed by atoms with Gasteiger partial charge in [0.15, 0.2) is 11.5 Å². The minimum absolute atomic E-state index is 0.0197. The maximum Gasteiger partial charge on any atom is 0.242 e. The summed E-state index contributed by atoms with van der Waals surface area (Å²) in [5.74, 6) is 1.42. The minimum atomic E-state index is -0.361. The van der Waals surface area contributed by atoms with Crippen molar-refractivity contribution in [3.05, 3.63) is 42.6 Å². The van der Waals surface area contributed by atoms with Crippen molar-refractivity contribution >= 4 is 34.2 Å². The van der Waals surface area contributed by atoms with Gasteiger partial charge in [-0.3, -0.25) is 4.79 Å². The first kappa shape index (κ1) is 17.4. The number of aromatic nitrogens is 5. The van der Waals surface area contributed by atoms with E-state index in [1.165, 1.54) is 0 Å². The fourth-order valence-electron chi connectivity index (χ4n) is 3.54. The van der Waals surface area contributed by atoms with Gasteiger partial charge in [-0.15, -0.1) is 5.10 Å². The summed E-state index contributed by atoms with van der Waals surface area (Å²) < 4.78 is 1.66. The van der Waals surface area contributed by atoms with Crippen molar-refractivity contribution in [1.29, 1.82) is 0 Å². The van der Waals surface area contributed by atoms with Crippen molar-refractivity contribution in [2.24, 2.45) is 0 Å². The molecule has 29 heavy (non-hydrogen) atoms. The number of nitrogens with two attached hydrogens (primary N) is 1. The highest BCUT2D eigenvalue weighted by Gasteiger charge is 2.23. The molecule has 0 saturated carbocycles. The summed E-state index contributed by atoms with van der Waals surface area (Å²) in [6.45, 7) is 0.704. The van der Waals surface area contributed by atoms with Crippen LogP contribution < -0.4 is 16.4 Å². The molecule has 1 aromatic carbocycles. The van der Waals surface area contributed by atoms with Crippen LogP contribution >= 0.6 is 0 Å². The molecule has 1 fully saturated rings. The number of anilines is 2. The Morgan fingerprint density at radius 2 is 2.03 bits per heavy atom. The van der Waals surface area contributed by atoms with Crippen molar-refractivity contribution in [2.45, 2.75) is 25.3 Å². The van der Waals surface area contributed by atoms with Gasteiger partial charge in [-0.25, -0.2) is 15.0 Å². The molecule has 1 atom stereocenters. The first-order valence-corrected chi connectivity index (χ1v) is 9.61. The molecule has 0 radical (unpaired) electrons. The zero-order chi connectivity index (χ0) is 19.8. The molecular formula is C20H20N8O. The number of amides is 1. The molecule has 9 nitrogen and oxygen atoms in total. The molecule has 4 heterocycles. The van der Waals surface area contributed by atoms with E-state index in [2.05, 4.69) is 20.7 Å². The van der Waals surface area contributed by atoms with Crippen LogP contribution in [0.5, 0.6) is 0 Å². The molecule has 1 saturated heterocycles. The number of nitrogen functional groups attached to an aromatic ring is 1. The summed E-state index contributed by atoms with van der Waals surface area (Å²) in [6, 6.07) is 10.9. The zero-order valence-electron chi connectivity index (χ0n) is 15.7. The average molecular weight is 388 g/mol. The smallest absolute Gasteiger partial charge is 0.242 e. The predicted molar refractivity (Wildman–Crippen MR) is 110 cm³/mol. The van der Waals surface area contributed by atoms with E-state index in [-0.39, 0.29) is 11.9 Å². The zero-order valence-corrected chi connectivity index (χ0v) is 15.7. The van der Waals surface area contributed by atoms with Crippen LogP contribution in [-0.4, -0.2) is 43.1 Å². The van der Waals surface area contributed by atoms with E-state index in [1.807, 2.05) is 30.3 Å². The second kappa shape index (κ2) is 7.01. The average Bonchev–Trinajstić information content (AvgIpc) is 3.09. The van der Waals surface area contributed by atoms with E-state index in [1.54, 1.807) is 16.8 Å².